The maximum Gasteiger partial charge on any atom is 0.272 e. The highest BCUT2D eigenvalue weighted by atomic mass is 16.1. The van der Waals surface area contributed by atoms with Gasteiger partial charge in [0.25, 0.3) is 11.5 Å². The van der Waals surface area contributed by atoms with E-state index in [0.29, 0.717) is 0 Å². The first-order chi connectivity index (χ1) is 9.34. The van der Waals surface area contributed by atoms with Gasteiger partial charge >= 0.3 is 0 Å². The van der Waals surface area contributed by atoms with Gasteiger partial charge < -0.3 is 5.73 Å². The third-order valence-electron chi connectivity index (χ3n) is 2.26. The second-order valence-corrected chi connectivity index (χ2v) is 4.02. The van der Waals surface area contributed by atoms with E-state index in [1.165, 1.54) is 6.42 Å². The molecule has 2 aromatic heterocycles. The number of primary amides is 1. The van der Waals surface area contributed by atoms with Crippen LogP contribution in [-0.2, 0) is 0 Å². The van der Waals surface area contributed by atoms with Crippen LogP contribution in [0.15, 0.2) is 4.79 Å². The number of rotatable bonds is 1. The van der Waals surface area contributed by atoms with Gasteiger partial charge in [-0.3, -0.25) is 14.6 Å². The normalized spacial score (nSPS) is 9.90. The third kappa shape index (κ3) is 2.92. The molecule has 0 aliphatic rings. The molecule has 2 heterocycles. The van der Waals surface area contributed by atoms with Crippen LogP contribution in [0.3, 0.4) is 0 Å². The number of carbonyl (C=O) groups is 1. The highest BCUT2D eigenvalue weighted by molar-refractivity contribution is 6.54. The third-order valence-corrected chi connectivity index (χ3v) is 2.26. The number of amides is 1. The van der Waals surface area contributed by atoms with Crippen molar-refractivity contribution >= 4 is 56.9 Å². The zero-order chi connectivity index (χ0) is 15.4. The Morgan fingerprint density at radius 3 is 2.25 bits per heavy atom. The van der Waals surface area contributed by atoms with Crippen LogP contribution in [-0.4, -0.2) is 44.6 Å². The van der Waals surface area contributed by atoms with Crippen molar-refractivity contribution < 1.29 is 4.79 Å². The van der Waals surface area contributed by atoms with Gasteiger partial charge in [0.15, 0.2) is 5.69 Å². The molecule has 6 nitrogen and oxygen atoms in total. The van der Waals surface area contributed by atoms with Crippen LogP contribution in [0, 0.1) is 0 Å². The Labute approximate surface area is 119 Å². The molecule has 0 fully saturated rings. The van der Waals surface area contributed by atoms with Crippen molar-refractivity contribution in [3.05, 3.63) is 16.0 Å². The number of hydrogen-bond donors (Lipinski definition) is 2. The Hall–Kier alpha value is -2.05. The van der Waals surface area contributed by atoms with Gasteiger partial charge in [0, 0.05) is 11.0 Å². The van der Waals surface area contributed by atoms with E-state index in [0.717, 1.165) is 0 Å². The fourth-order valence-corrected chi connectivity index (χ4v) is 1.51. The minimum absolute atomic E-state index is 0.0197. The smallest absolute Gasteiger partial charge is 0.272 e. The molecule has 2 aromatic rings. The van der Waals surface area contributed by atoms with Crippen LogP contribution in [0.25, 0.3) is 10.8 Å². The van der Waals surface area contributed by atoms with Gasteiger partial charge in [-0.2, -0.15) is 5.10 Å². The molecular weight excluding hydrogens is 253 g/mol. The lowest BCUT2D eigenvalue weighted by Crippen LogP contribution is -2.39. The van der Waals surface area contributed by atoms with Crippen LogP contribution in [0.2, 0.25) is 0 Å². The average Bonchev–Trinajstić information content (AvgIpc) is 2.36. The molecule has 0 unspecified atom stereocenters. The van der Waals surface area contributed by atoms with Gasteiger partial charge in [-0.15, -0.1) is 0 Å². The van der Waals surface area contributed by atoms with Crippen molar-refractivity contribution in [1.82, 2.24) is 15.2 Å². The highest BCUT2D eigenvalue weighted by Gasteiger charge is 2.16. The Morgan fingerprint density at radius 1 is 1.20 bits per heavy atom. The van der Waals surface area contributed by atoms with E-state index >= 15 is 0 Å². The molecular formula is C11H11B3N4O2. The molecule has 0 aliphatic heterocycles. The SMILES string of the molecule is CCC.[B]c1nc([B])c2c(=O)[nH]nc(C(N)=O)c2c1[B]. The summed E-state index contributed by atoms with van der Waals surface area (Å²) in [5.41, 5.74) is 4.00. The average molecular weight is 264 g/mol. The summed E-state index contributed by atoms with van der Waals surface area (Å²) in [5.74, 6) is -0.858. The first-order valence-electron chi connectivity index (χ1n) is 5.87. The van der Waals surface area contributed by atoms with Crippen LogP contribution >= 0.6 is 0 Å². The van der Waals surface area contributed by atoms with Crippen LogP contribution in [0.4, 0.5) is 0 Å². The lowest BCUT2D eigenvalue weighted by Gasteiger charge is -2.10. The molecule has 0 spiro atoms. The summed E-state index contributed by atoms with van der Waals surface area (Å²) in [6.07, 6.45) is 1.25. The molecule has 0 bridgehead atoms. The van der Waals surface area contributed by atoms with Gasteiger partial charge in [-0.05, 0) is 5.59 Å². The predicted octanol–water partition coefficient (Wildman–Crippen LogP) is -2.79. The number of nitrogens with two attached hydrogens (primary N) is 1. The zero-order valence-corrected chi connectivity index (χ0v) is 11.2. The molecule has 0 atom stereocenters. The lowest BCUT2D eigenvalue weighted by atomic mass is 9.79. The number of carbonyl (C=O) groups excluding carboxylic acids is 1. The van der Waals surface area contributed by atoms with Crippen LogP contribution < -0.4 is 27.9 Å². The van der Waals surface area contributed by atoms with Crippen LogP contribution in [0.1, 0.15) is 30.8 Å². The van der Waals surface area contributed by atoms with Gasteiger partial charge in [-0.25, -0.2) is 5.10 Å². The maximum absolute atomic E-state index is 11.6. The number of fused-ring (bicyclic) bond motifs is 1. The molecule has 20 heavy (non-hydrogen) atoms. The van der Waals surface area contributed by atoms with E-state index in [9.17, 15) is 9.59 Å². The molecule has 6 radical (unpaired) electrons. The molecule has 1 amide bonds. The summed E-state index contributed by atoms with van der Waals surface area (Å²) in [6, 6.07) is 0. The molecule has 0 aromatic carbocycles. The van der Waals surface area contributed by atoms with E-state index < -0.39 is 11.5 Å². The van der Waals surface area contributed by atoms with E-state index in [1.807, 2.05) is 0 Å². The highest BCUT2D eigenvalue weighted by Crippen LogP contribution is 2.05. The van der Waals surface area contributed by atoms with E-state index in [2.05, 4.69) is 29.0 Å². The Kier molecular flexibility index (Phi) is 5.13. The predicted molar refractivity (Wildman–Crippen MR) is 80.8 cm³/mol. The number of aromatic nitrogens is 3. The van der Waals surface area contributed by atoms with E-state index in [-0.39, 0.29) is 33.1 Å². The number of nitrogens with zero attached hydrogens (tertiary/aromatic N) is 2. The molecule has 0 saturated carbocycles. The number of hydrogen-bond acceptors (Lipinski definition) is 4. The topological polar surface area (TPSA) is 102 Å². The number of nitrogens with one attached hydrogen (secondary N) is 1. The Bertz CT molecular complexity index is 715. The number of aromatic amines is 1. The second kappa shape index (κ2) is 6.41. The van der Waals surface area contributed by atoms with Crippen molar-refractivity contribution in [1.29, 1.82) is 0 Å². The fourth-order valence-electron chi connectivity index (χ4n) is 1.51. The summed E-state index contributed by atoms with van der Waals surface area (Å²) in [4.78, 5) is 26.4. The molecule has 0 saturated heterocycles. The van der Waals surface area contributed by atoms with E-state index in [4.69, 9.17) is 29.3 Å². The van der Waals surface area contributed by atoms with E-state index in [1.54, 1.807) is 0 Å². The zero-order valence-electron chi connectivity index (χ0n) is 11.2. The first kappa shape index (κ1) is 16.0. The van der Waals surface area contributed by atoms with Gasteiger partial charge in [-0.1, -0.05) is 25.7 Å². The van der Waals surface area contributed by atoms with Crippen LogP contribution in [0.5, 0.6) is 0 Å². The van der Waals surface area contributed by atoms with Crippen molar-refractivity contribution in [3.63, 3.8) is 0 Å². The molecule has 3 N–H and O–H groups in total. The van der Waals surface area contributed by atoms with Gasteiger partial charge in [0.05, 0.1) is 5.39 Å². The minimum atomic E-state index is -0.858. The minimum Gasteiger partial charge on any atom is -0.364 e. The maximum atomic E-state index is 11.6. The number of pyridine rings is 1. The lowest BCUT2D eigenvalue weighted by molar-refractivity contribution is 0.0996. The Balaban J connectivity index is 0.000000612. The fraction of sp³-hybridized carbons (Fsp3) is 0.273. The van der Waals surface area contributed by atoms with Crippen molar-refractivity contribution in [2.45, 2.75) is 20.3 Å². The van der Waals surface area contributed by atoms with Gasteiger partial charge in [0.2, 0.25) is 0 Å². The summed E-state index contributed by atoms with van der Waals surface area (Å²) >= 11 is 0. The van der Waals surface area contributed by atoms with Crippen molar-refractivity contribution in [2.24, 2.45) is 5.73 Å². The summed E-state index contributed by atoms with van der Waals surface area (Å²) in [6.45, 7) is 4.25. The largest absolute Gasteiger partial charge is 0.364 e. The molecule has 9 heteroatoms. The summed E-state index contributed by atoms with van der Waals surface area (Å²) in [7, 11) is 16.7. The quantitative estimate of drug-likeness (QED) is 0.543. The van der Waals surface area contributed by atoms with Gasteiger partial charge in [0.1, 0.15) is 23.5 Å². The molecule has 0 aliphatic carbocycles. The standard InChI is InChI=1S/C8H3B3N4O2.C3H8/c9-3-1-2(5(10)13-6(3)11)8(17)15-14-4(1)7(12)16;1-3-2/h(H2,12,16)(H,15,17);3H2,1-2H3. The Morgan fingerprint density at radius 2 is 1.75 bits per heavy atom. The summed E-state index contributed by atoms with van der Waals surface area (Å²) < 4.78 is 0. The first-order valence-corrected chi connectivity index (χ1v) is 5.87. The molecule has 96 valence electrons. The van der Waals surface area contributed by atoms with Crippen molar-refractivity contribution in [3.8, 4) is 0 Å². The summed E-state index contributed by atoms with van der Waals surface area (Å²) in [5, 5.41) is 5.57. The molecule has 2 rings (SSSR count). The van der Waals surface area contributed by atoms with Crippen molar-refractivity contribution in [2.75, 3.05) is 0 Å². The monoisotopic (exact) mass is 264 g/mol. The number of H-pyrrole nitrogens is 1. The second-order valence-electron chi connectivity index (χ2n) is 4.02.